The Bertz CT molecular complexity index is 157. The van der Waals surface area contributed by atoms with Gasteiger partial charge >= 0.3 is 0 Å². The summed E-state index contributed by atoms with van der Waals surface area (Å²) in [7, 11) is 0. The average molecular weight is 125 g/mol. The normalized spacial score (nSPS) is 13.6. The third-order valence-electron chi connectivity index (χ3n) is 1.41. The van der Waals surface area contributed by atoms with Gasteiger partial charge in [0.15, 0.2) is 0 Å². The van der Waals surface area contributed by atoms with E-state index in [2.05, 4.69) is 6.92 Å². The van der Waals surface area contributed by atoms with E-state index in [-0.39, 0.29) is 6.04 Å². The predicted octanol–water partition coefficient (Wildman–Crippen LogP) is 1.69. The fourth-order valence-electron chi connectivity index (χ4n) is 0.722. The molecule has 2 N–H and O–H groups in total. The molecule has 0 aromatic carbocycles. The van der Waals surface area contributed by atoms with Gasteiger partial charge in [0, 0.05) is 11.6 Å². The summed E-state index contributed by atoms with van der Waals surface area (Å²) in [4.78, 5) is 0. The Morgan fingerprint density at radius 2 is 2.56 bits per heavy atom. The number of furan rings is 1. The van der Waals surface area contributed by atoms with Crippen molar-refractivity contribution >= 4 is 0 Å². The van der Waals surface area contributed by atoms with Gasteiger partial charge in [0.25, 0.3) is 0 Å². The molecule has 1 atom stereocenters. The lowest BCUT2D eigenvalue weighted by Gasteiger charge is -2.02. The Morgan fingerprint density at radius 3 is 3.00 bits per heavy atom. The van der Waals surface area contributed by atoms with Gasteiger partial charge < -0.3 is 10.2 Å². The lowest BCUT2D eigenvalue weighted by Crippen LogP contribution is -2.06. The highest BCUT2D eigenvalue weighted by atomic mass is 16.3. The molecule has 0 bridgehead atoms. The van der Waals surface area contributed by atoms with Crippen LogP contribution in [0, 0.1) is 0 Å². The van der Waals surface area contributed by atoms with Crippen LogP contribution in [-0.2, 0) is 0 Å². The van der Waals surface area contributed by atoms with E-state index in [1.807, 2.05) is 6.07 Å². The average Bonchev–Trinajstić information content (AvgIpc) is 2.37. The first-order chi connectivity index (χ1) is 4.34. The van der Waals surface area contributed by atoms with Gasteiger partial charge in [0.2, 0.25) is 0 Å². The third-order valence-corrected chi connectivity index (χ3v) is 1.41. The van der Waals surface area contributed by atoms with Crippen molar-refractivity contribution < 1.29 is 4.42 Å². The summed E-state index contributed by atoms with van der Waals surface area (Å²) in [5, 5.41) is 0. The van der Waals surface area contributed by atoms with Crippen molar-refractivity contribution in [3.05, 3.63) is 24.2 Å². The van der Waals surface area contributed by atoms with Crippen molar-refractivity contribution in [2.75, 3.05) is 0 Å². The van der Waals surface area contributed by atoms with E-state index in [0.29, 0.717) is 0 Å². The van der Waals surface area contributed by atoms with Crippen LogP contribution in [0.4, 0.5) is 0 Å². The summed E-state index contributed by atoms with van der Waals surface area (Å²) >= 11 is 0. The molecule has 0 spiro atoms. The topological polar surface area (TPSA) is 39.2 Å². The van der Waals surface area contributed by atoms with Crippen molar-refractivity contribution in [2.45, 2.75) is 19.4 Å². The lowest BCUT2D eigenvalue weighted by molar-refractivity contribution is 0.557. The first-order valence-electron chi connectivity index (χ1n) is 3.12. The minimum atomic E-state index is 0.142. The highest BCUT2D eigenvalue weighted by Gasteiger charge is 2.01. The zero-order chi connectivity index (χ0) is 6.69. The summed E-state index contributed by atoms with van der Waals surface area (Å²) in [5.74, 6) is 0. The maximum atomic E-state index is 5.68. The lowest BCUT2D eigenvalue weighted by atomic mass is 10.1. The molecule has 1 rings (SSSR count). The molecule has 0 radical (unpaired) electrons. The largest absolute Gasteiger partial charge is 0.472 e. The number of nitrogens with two attached hydrogens (primary N) is 1. The van der Waals surface area contributed by atoms with Crippen LogP contribution in [0.3, 0.4) is 0 Å². The molecule has 0 fully saturated rings. The first kappa shape index (κ1) is 6.36. The van der Waals surface area contributed by atoms with Crippen molar-refractivity contribution in [3.63, 3.8) is 0 Å². The van der Waals surface area contributed by atoms with E-state index in [0.717, 1.165) is 12.0 Å². The molecule has 0 aliphatic carbocycles. The molecular formula is C7H11NO. The Balaban J connectivity index is 2.65. The molecule has 0 saturated carbocycles. The predicted molar refractivity (Wildman–Crippen MR) is 35.9 cm³/mol. The van der Waals surface area contributed by atoms with Crippen LogP contribution in [0.5, 0.6) is 0 Å². The molecule has 9 heavy (non-hydrogen) atoms. The second-order valence-corrected chi connectivity index (χ2v) is 2.07. The Morgan fingerprint density at radius 1 is 1.78 bits per heavy atom. The van der Waals surface area contributed by atoms with Gasteiger partial charge in [-0.1, -0.05) is 6.92 Å². The SMILES string of the molecule is CC[C@H](N)c1ccoc1. The van der Waals surface area contributed by atoms with Crippen molar-refractivity contribution in [3.8, 4) is 0 Å². The highest BCUT2D eigenvalue weighted by Crippen LogP contribution is 2.12. The molecule has 1 heterocycles. The Kier molecular flexibility index (Phi) is 1.90. The standard InChI is InChI=1S/C7H11NO/c1-2-7(8)6-3-4-9-5-6/h3-5,7H,2,8H2,1H3/t7-/m0/s1. The molecule has 0 unspecified atom stereocenters. The fraction of sp³-hybridized carbons (Fsp3) is 0.429. The zero-order valence-electron chi connectivity index (χ0n) is 5.50. The van der Waals surface area contributed by atoms with E-state index in [1.165, 1.54) is 0 Å². The third kappa shape index (κ3) is 1.33. The first-order valence-corrected chi connectivity index (χ1v) is 3.12. The molecule has 2 nitrogen and oxygen atoms in total. The van der Waals surface area contributed by atoms with E-state index in [4.69, 9.17) is 10.2 Å². The zero-order valence-corrected chi connectivity index (χ0v) is 5.50. The number of rotatable bonds is 2. The quantitative estimate of drug-likeness (QED) is 0.653. The van der Waals surface area contributed by atoms with E-state index in [9.17, 15) is 0 Å². The van der Waals surface area contributed by atoms with E-state index < -0.39 is 0 Å². The van der Waals surface area contributed by atoms with Gasteiger partial charge in [0.05, 0.1) is 12.5 Å². The van der Waals surface area contributed by atoms with Crippen molar-refractivity contribution in [1.29, 1.82) is 0 Å². The van der Waals surface area contributed by atoms with Crippen molar-refractivity contribution in [1.82, 2.24) is 0 Å². The summed E-state index contributed by atoms with van der Waals surface area (Å²) in [6.45, 7) is 2.05. The molecule has 0 amide bonds. The van der Waals surface area contributed by atoms with Crippen LogP contribution in [0.15, 0.2) is 23.0 Å². The van der Waals surface area contributed by atoms with E-state index >= 15 is 0 Å². The molecule has 0 aliphatic heterocycles. The van der Waals surface area contributed by atoms with Gasteiger partial charge in [0.1, 0.15) is 0 Å². The monoisotopic (exact) mass is 125 g/mol. The van der Waals surface area contributed by atoms with E-state index in [1.54, 1.807) is 12.5 Å². The summed E-state index contributed by atoms with van der Waals surface area (Å²) < 4.78 is 4.86. The van der Waals surface area contributed by atoms with Crippen LogP contribution in [0.2, 0.25) is 0 Å². The maximum absolute atomic E-state index is 5.68. The highest BCUT2D eigenvalue weighted by molar-refractivity contribution is 5.09. The molecule has 1 aromatic heterocycles. The van der Waals surface area contributed by atoms with Gasteiger partial charge in [-0.15, -0.1) is 0 Å². The van der Waals surface area contributed by atoms with Gasteiger partial charge in [-0.2, -0.15) is 0 Å². The smallest absolute Gasteiger partial charge is 0.0950 e. The number of hydrogen-bond donors (Lipinski definition) is 1. The van der Waals surface area contributed by atoms with Crippen LogP contribution in [0.1, 0.15) is 24.9 Å². The minimum absolute atomic E-state index is 0.142. The van der Waals surface area contributed by atoms with Gasteiger partial charge in [-0.3, -0.25) is 0 Å². The van der Waals surface area contributed by atoms with Crippen LogP contribution in [0.25, 0.3) is 0 Å². The molecule has 1 aromatic rings. The summed E-state index contributed by atoms with van der Waals surface area (Å²) in [6.07, 6.45) is 4.29. The van der Waals surface area contributed by atoms with Crippen LogP contribution in [-0.4, -0.2) is 0 Å². The molecular weight excluding hydrogens is 114 g/mol. The number of hydrogen-bond acceptors (Lipinski definition) is 2. The fourth-order valence-corrected chi connectivity index (χ4v) is 0.722. The van der Waals surface area contributed by atoms with Crippen molar-refractivity contribution in [2.24, 2.45) is 5.73 Å². The Hall–Kier alpha value is -0.760. The second-order valence-electron chi connectivity index (χ2n) is 2.07. The van der Waals surface area contributed by atoms with Crippen LogP contribution >= 0.6 is 0 Å². The summed E-state index contributed by atoms with van der Waals surface area (Å²) in [5.41, 5.74) is 6.76. The minimum Gasteiger partial charge on any atom is -0.472 e. The molecule has 0 saturated heterocycles. The Labute approximate surface area is 54.7 Å². The van der Waals surface area contributed by atoms with Crippen LogP contribution < -0.4 is 5.73 Å². The van der Waals surface area contributed by atoms with Gasteiger partial charge in [-0.25, -0.2) is 0 Å². The molecule has 2 heteroatoms. The second kappa shape index (κ2) is 2.69. The molecule has 0 aliphatic rings. The van der Waals surface area contributed by atoms with Gasteiger partial charge in [-0.05, 0) is 12.5 Å². The maximum Gasteiger partial charge on any atom is 0.0950 e. The summed E-state index contributed by atoms with van der Waals surface area (Å²) in [6, 6.07) is 2.04. The molecule has 50 valence electrons.